The highest BCUT2D eigenvalue weighted by molar-refractivity contribution is 9.10. The molecule has 0 fully saturated rings. The first-order valence-corrected chi connectivity index (χ1v) is 6.87. The standard InChI is InChI=1S/C13H19BrFN3O/c1-9(2)18(6-5-13(16)17-19)8-10-7-11(14)3-4-12(10)15/h3-4,7,9,19H,5-6,8H2,1-2H3,(H2,16,17). The number of oxime groups is 1. The molecule has 0 unspecified atom stereocenters. The van der Waals surface area contributed by atoms with Gasteiger partial charge in [-0.2, -0.15) is 0 Å². The van der Waals surface area contributed by atoms with Crippen LogP contribution in [0.1, 0.15) is 25.8 Å². The van der Waals surface area contributed by atoms with Gasteiger partial charge in [-0.25, -0.2) is 4.39 Å². The molecule has 0 radical (unpaired) electrons. The molecule has 1 rings (SSSR count). The number of hydrogen-bond donors (Lipinski definition) is 2. The van der Waals surface area contributed by atoms with E-state index in [1.54, 1.807) is 12.1 Å². The van der Waals surface area contributed by atoms with E-state index >= 15 is 0 Å². The molecule has 0 amide bonds. The second kappa shape index (κ2) is 7.45. The molecule has 6 heteroatoms. The molecule has 19 heavy (non-hydrogen) atoms. The van der Waals surface area contributed by atoms with Crippen LogP contribution in [0.2, 0.25) is 0 Å². The zero-order chi connectivity index (χ0) is 14.4. The Hall–Kier alpha value is -1.14. The maximum Gasteiger partial charge on any atom is 0.140 e. The minimum Gasteiger partial charge on any atom is -0.409 e. The molecule has 4 nitrogen and oxygen atoms in total. The van der Waals surface area contributed by atoms with E-state index in [4.69, 9.17) is 10.9 Å². The smallest absolute Gasteiger partial charge is 0.140 e. The zero-order valence-corrected chi connectivity index (χ0v) is 12.7. The Morgan fingerprint density at radius 2 is 2.21 bits per heavy atom. The van der Waals surface area contributed by atoms with Crippen LogP contribution in [-0.4, -0.2) is 28.5 Å². The fraction of sp³-hybridized carbons (Fsp3) is 0.462. The second-order valence-electron chi connectivity index (χ2n) is 4.64. The third-order valence-electron chi connectivity index (χ3n) is 2.90. The average molecular weight is 332 g/mol. The Bertz CT molecular complexity index is 452. The molecule has 0 bridgehead atoms. The molecule has 0 aliphatic carbocycles. The summed E-state index contributed by atoms with van der Waals surface area (Å²) in [6.07, 6.45) is 0.449. The molecule has 0 spiro atoms. The number of nitrogens with two attached hydrogens (primary N) is 1. The lowest BCUT2D eigenvalue weighted by atomic mass is 10.1. The lowest BCUT2D eigenvalue weighted by Crippen LogP contribution is -2.33. The first-order chi connectivity index (χ1) is 8.93. The lowest BCUT2D eigenvalue weighted by molar-refractivity contribution is 0.215. The number of hydrogen-bond acceptors (Lipinski definition) is 3. The molecule has 1 aromatic carbocycles. The minimum absolute atomic E-state index is 0.181. The molecule has 0 heterocycles. The van der Waals surface area contributed by atoms with Gasteiger partial charge >= 0.3 is 0 Å². The predicted molar refractivity (Wildman–Crippen MR) is 77.7 cm³/mol. The van der Waals surface area contributed by atoms with E-state index < -0.39 is 0 Å². The molecule has 3 N–H and O–H groups in total. The van der Waals surface area contributed by atoms with Crippen LogP contribution in [0, 0.1) is 5.82 Å². The molecule has 0 atom stereocenters. The molecule has 106 valence electrons. The predicted octanol–water partition coefficient (Wildman–Crippen LogP) is 2.94. The summed E-state index contributed by atoms with van der Waals surface area (Å²) in [6.45, 7) is 5.16. The van der Waals surface area contributed by atoms with Crippen molar-refractivity contribution in [3.63, 3.8) is 0 Å². The van der Waals surface area contributed by atoms with E-state index in [2.05, 4.69) is 26.0 Å². The number of nitrogens with zero attached hydrogens (tertiary/aromatic N) is 2. The molecule has 0 aliphatic heterocycles. The topological polar surface area (TPSA) is 61.8 Å². The summed E-state index contributed by atoms with van der Waals surface area (Å²) >= 11 is 3.34. The molecule has 0 saturated carbocycles. The van der Waals surface area contributed by atoms with Crippen molar-refractivity contribution in [1.82, 2.24) is 4.90 Å². The molecular formula is C13H19BrFN3O. The molecule has 1 aromatic rings. The zero-order valence-electron chi connectivity index (χ0n) is 11.1. The monoisotopic (exact) mass is 331 g/mol. The van der Waals surface area contributed by atoms with E-state index in [0.717, 1.165) is 4.47 Å². The number of amidine groups is 1. The van der Waals surface area contributed by atoms with E-state index in [0.29, 0.717) is 25.1 Å². The van der Waals surface area contributed by atoms with Gasteiger partial charge in [0.2, 0.25) is 0 Å². The first-order valence-electron chi connectivity index (χ1n) is 6.08. The summed E-state index contributed by atoms with van der Waals surface area (Å²) in [6, 6.07) is 5.13. The Balaban J connectivity index is 2.75. The van der Waals surface area contributed by atoms with Gasteiger partial charge in [0, 0.05) is 35.6 Å². The van der Waals surface area contributed by atoms with Crippen LogP contribution in [0.25, 0.3) is 0 Å². The van der Waals surface area contributed by atoms with E-state index in [1.165, 1.54) is 6.07 Å². The van der Waals surface area contributed by atoms with Crippen LogP contribution in [0.4, 0.5) is 4.39 Å². The van der Waals surface area contributed by atoms with Gasteiger partial charge in [-0.3, -0.25) is 4.90 Å². The van der Waals surface area contributed by atoms with Gasteiger partial charge < -0.3 is 10.9 Å². The van der Waals surface area contributed by atoms with Crippen molar-refractivity contribution in [2.45, 2.75) is 32.9 Å². The second-order valence-corrected chi connectivity index (χ2v) is 5.56. The largest absolute Gasteiger partial charge is 0.409 e. The molecule has 0 aliphatic rings. The van der Waals surface area contributed by atoms with Crippen molar-refractivity contribution in [3.8, 4) is 0 Å². The molecule has 0 saturated heterocycles. The maximum absolute atomic E-state index is 13.7. The van der Waals surface area contributed by atoms with Crippen molar-refractivity contribution in [2.75, 3.05) is 6.54 Å². The van der Waals surface area contributed by atoms with Gasteiger partial charge in [0.25, 0.3) is 0 Å². The summed E-state index contributed by atoms with van der Waals surface area (Å²) < 4.78 is 14.6. The van der Waals surface area contributed by atoms with Crippen molar-refractivity contribution in [3.05, 3.63) is 34.1 Å². The fourth-order valence-electron chi connectivity index (χ4n) is 1.71. The van der Waals surface area contributed by atoms with Gasteiger partial charge in [-0.1, -0.05) is 21.1 Å². The maximum atomic E-state index is 13.7. The summed E-state index contributed by atoms with van der Waals surface area (Å²) in [5, 5.41) is 11.5. The Kier molecular flexibility index (Phi) is 6.24. The highest BCUT2D eigenvalue weighted by Gasteiger charge is 2.13. The Morgan fingerprint density at radius 3 is 2.79 bits per heavy atom. The van der Waals surface area contributed by atoms with Crippen LogP contribution in [0.3, 0.4) is 0 Å². The average Bonchev–Trinajstić information content (AvgIpc) is 2.37. The normalized spacial score (nSPS) is 12.4. The number of rotatable bonds is 6. The van der Waals surface area contributed by atoms with Crippen LogP contribution in [-0.2, 0) is 6.54 Å². The van der Waals surface area contributed by atoms with Gasteiger partial charge in [-0.05, 0) is 32.0 Å². The molecular weight excluding hydrogens is 313 g/mol. The third-order valence-corrected chi connectivity index (χ3v) is 3.39. The van der Waals surface area contributed by atoms with Crippen LogP contribution >= 0.6 is 15.9 Å². The van der Waals surface area contributed by atoms with Gasteiger partial charge in [0.15, 0.2) is 0 Å². The summed E-state index contributed by atoms with van der Waals surface area (Å²) in [7, 11) is 0. The van der Waals surface area contributed by atoms with E-state index in [9.17, 15) is 4.39 Å². The van der Waals surface area contributed by atoms with E-state index in [-0.39, 0.29) is 17.7 Å². The summed E-state index contributed by atoms with van der Waals surface area (Å²) in [5.41, 5.74) is 6.09. The highest BCUT2D eigenvalue weighted by Crippen LogP contribution is 2.18. The van der Waals surface area contributed by atoms with Crippen molar-refractivity contribution < 1.29 is 9.60 Å². The van der Waals surface area contributed by atoms with Gasteiger partial charge in [0.05, 0.1) is 0 Å². The first kappa shape index (κ1) is 15.9. The van der Waals surface area contributed by atoms with Crippen molar-refractivity contribution in [1.29, 1.82) is 0 Å². The van der Waals surface area contributed by atoms with Gasteiger partial charge in [-0.15, -0.1) is 0 Å². The summed E-state index contributed by atoms with van der Waals surface area (Å²) in [4.78, 5) is 2.07. The number of halogens is 2. The highest BCUT2D eigenvalue weighted by atomic mass is 79.9. The van der Waals surface area contributed by atoms with Crippen LogP contribution in [0.5, 0.6) is 0 Å². The third kappa shape index (κ3) is 5.16. The summed E-state index contributed by atoms with van der Waals surface area (Å²) in [5.74, 6) is -0.0435. The van der Waals surface area contributed by atoms with E-state index in [1.807, 2.05) is 13.8 Å². The van der Waals surface area contributed by atoms with Crippen molar-refractivity contribution >= 4 is 21.8 Å². The Morgan fingerprint density at radius 1 is 1.53 bits per heavy atom. The fourth-order valence-corrected chi connectivity index (χ4v) is 2.12. The van der Waals surface area contributed by atoms with Gasteiger partial charge in [0.1, 0.15) is 11.7 Å². The lowest BCUT2D eigenvalue weighted by Gasteiger charge is -2.26. The number of benzene rings is 1. The van der Waals surface area contributed by atoms with Crippen LogP contribution < -0.4 is 5.73 Å². The van der Waals surface area contributed by atoms with Crippen LogP contribution in [0.15, 0.2) is 27.8 Å². The molecule has 0 aromatic heterocycles. The minimum atomic E-state index is -0.224. The Labute approximate surface area is 121 Å². The quantitative estimate of drug-likeness (QED) is 0.364. The van der Waals surface area contributed by atoms with Crippen molar-refractivity contribution in [2.24, 2.45) is 10.9 Å². The SMILES string of the molecule is CC(C)N(CC/C(N)=N/O)Cc1cc(Br)ccc1F.